The minimum absolute atomic E-state index is 0.0990. The van der Waals surface area contributed by atoms with Crippen LogP contribution in [0.4, 0.5) is 0 Å². The summed E-state index contributed by atoms with van der Waals surface area (Å²) in [6.07, 6.45) is 1.000. The van der Waals surface area contributed by atoms with E-state index in [4.69, 9.17) is 4.74 Å². The molecule has 2 aromatic carbocycles. The average Bonchev–Trinajstić information content (AvgIpc) is 2.89. The van der Waals surface area contributed by atoms with E-state index in [2.05, 4.69) is 31.2 Å². The van der Waals surface area contributed by atoms with Crippen molar-refractivity contribution in [1.29, 1.82) is 0 Å². The van der Waals surface area contributed by atoms with Crippen molar-refractivity contribution in [1.82, 2.24) is 4.90 Å². The Hall–Kier alpha value is -1.78. The zero-order chi connectivity index (χ0) is 17.5. The van der Waals surface area contributed by atoms with Gasteiger partial charge in [-0.05, 0) is 30.0 Å². The van der Waals surface area contributed by atoms with Crippen LogP contribution >= 0.6 is 11.8 Å². The Morgan fingerprint density at radius 3 is 2.68 bits per heavy atom. The third-order valence-electron chi connectivity index (χ3n) is 4.57. The van der Waals surface area contributed by atoms with Gasteiger partial charge in [-0.25, -0.2) is 0 Å². The lowest BCUT2D eigenvalue weighted by molar-refractivity contribution is -0.136. The van der Waals surface area contributed by atoms with Crippen molar-refractivity contribution in [3.8, 4) is 0 Å². The summed E-state index contributed by atoms with van der Waals surface area (Å²) in [5.74, 6) is 1.07. The molecule has 2 aromatic rings. The Balaban J connectivity index is 1.49. The van der Waals surface area contributed by atoms with E-state index in [0.717, 1.165) is 30.8 Å². The maximum Gasteiger partial charge on any atom is 0.248 e. The summed E-state index contributed by atoms with van der Waals surface area (Å²) in [6, 6.07) is 18.5. The summed E-state index contributed by atoms with van der Waals surface area (Å²) in [5, 5.41) is 0.476. The van der Waals surface area contributed by atoms with Crippen LogP contribution in [0.5, 0.6) is 0 Å². The minimum Gasteiger partial charge on any atom is -0.367 e. The quantitative estimate of drug-likeness (QED) is 0.804. The van der Waals surface area contributed by atoms with Crippen molar-refractivity contribution in [2.24, 2.45) is 0 Å². The molecule has 0 bridgehead atoms. The second-order valence-electron chi connectivity index (χ2n) is 6.36. The van der Waals surface area contributed by atoms with Gasteiger partial charge in [-0.3, -0.25) is 4.79 Å². The van der Waals surface area contributed by atoms with Crippen LogP contribution in [0.1, 0.15) is 28.4 Å². The van der Waals surface area contributed by atoms with Crippen LogP contribution < -0.4 is 0 Å². The van der Waals surface area contributed by atoms with E-state index in [9.17, 15) is 4.79 Å². The predicted molar refractivity (Wildman–Crippen MR) is 104 cm³/mol. The lowest BCUT2D eigenvalue weighted by Crippen LogP contribution is -2.35. The molecule has 0 N–H and O–H groups in total. The van der Waals surface area contributed by atoms with Gasteiger partial charge in [-0.15, -0.1) is 0 Å². The Morgan fingerprint density at radius 1 is 1.12 bits per heavy atom. The number of ether oxygens (including phenoxy) is 1. The summed E-state index contributed by atoms with van der Waals surface area (Å²) < 4.78 is 5.61. The van der Waals surface area contributed by atoms with E-state index >= 15 is 0 Å². The number of amides is 1. The van der Waals surface area contributed by atoms with Gasteiger partial charge in [0.05, 0.1) is 6.61 Å². The van der Waals surface area contributed by atoms with Crippen LogP contribution in [0.3, 0.4) is 0 Å². The van der Waals surface area contributed by atoms with Crippen molar-refractivity contribution in [2.45, 2.75) is 25.2 Å². The van der Waals surface area contributed by atoms with Gasteiger partial charge in [0.2, 0.25) is 5.91 Å². The molecule has 3 rings (SSSR count). The molecule has 1 aliphatic heterocycles. The molecule has 3 nitrogen and oxygen atoms in total. The molecule has 0 spiro atoms. The Labute approximate surface area is 154 Å². The molecule has 1 fully saturated rings. The number of aryl methyl sites for hydroxylation is 1. The zero-order valence-electron chi connectivity index (χ0n) is 14.7. The topological polar surface area (TPSA) is 29.5 Å². The summed E-state index contributed by atoms with van der Waals surface area (Å²) in [7, 11) is 0. The highest BCUT2D eigenvalue weighted by atomic mass is 32.2. The molecule has 0 saturated carbocycles. The number of hydrogen-bond acceptors (Lipinski definition) is 3. The highest BCUT2D eigenvalue weighted by Crippen LogP contribution is 2.35. The fourth-order valence-electron chi connectivity index (χ4n) is 3.14. The van der Waals surface area contributed by atoms with Crippen molar-refractivity contribution in [3.63, 3.8) is 0 Å². The third kappa shape index (κ3) is 5.10. The maximum atomic E-state index is 12.4. The minimum atomic E-state index is 0.0990. The van der Waals surface area contributed by atoms with Gasteiger partial charge >= 0.3 is 0 Å². The molecule has 1 heterocycles. The van der Waals surface area contributed by atoms with E-state index in [1.807, 2.05) is 47.0 Å². The van der Waals surface area contributed by atoms with Crippen LogP contribution in [-0.4, -0.2) is 36.3 Å². The van der Waals surface area contributed by atoms with Crippen LogP contribution in [0.2, 0.25) is 0 Å². The van der Waals surface area contributed by atoms with Crippen molar-refractivity contribution in [3.05, 3.63) is 71.3 Å². The molecule has 1 amide bonds. The summed E-state index contributed by atoms with van der Waals surface area (Å²) in [5.41, 5.74) is 3.84. The Morgan fingerprint density at radius 2 is 1.88 bits per heavy atom. The van der Waals surface area contributed by atoms with E-state index in [1.54, 1.807) is 0 Å². The summed E-state index contributed by atoms with van der Waals surface area (Å²) in [4.78, 5) is 14.4. The monoisotopic (exact) mass is 355 g/mol. The first kappa shape index (κ1) is 18.0. The smallest absolute Gasteiger partial charge is 0.248 e. The first-order valence-electron chi connectivity index (χ1n) is 8.80. The third-order valence-corrected chi connectivity index (χ3v) is 5.88. The van der Waals surface area contributed by atoms with Gasteiger partial charge < -0.3 is 9.64 Å². The number of benzene rings is 2. The second kappa shape index (κ2) is 9.07. The molecule has 0 aliphatic carbocycles. The number of rotatable bonds is 5. The van der Waals surface area contributed by atoms with E-state index in [1.165, 1.54) is 11.1 Å². The van der Waals surface area contributed by atoms with Crippen molar-refractivity contribution < 1.29 is 9.53 Å². The molecular weight excluding hydrogens is 330 g/mol. The van der Waals surface area contributed by atoms with Gasteiger partial charge in [0.25, 0.3) is 0 Å². The van der Waals surface area contributed by atoms with Gasteiger partial charge in [0, 0.05) is 24.1 Å². The first-order valence-corrected chi connectivity index (χ1v) is 9.85. The first-order chi connectivity index (χ1) is 12.2. The molecule has 4 heteroatoms. The van der Waals surface area contributed by atoms with E-state index in [0.29, 0.717) is 11.9 Å². The Bertz CT molecular complexity index is 689. The molecule has 0 aromatic heterocycles. The lowest BCUT2D eigenvalue weighted by Gasteiger charge is -2.20. The van der Waals surface area contributed by atoms with Gasteiger partial charge in [-0.2, -0.15) is 11.8 Å². The van der Waals surface area contributed by atoms with E-state index < -0.39 is 0 Å². The standard InChI is InChI=1S/C21H25NO2S/c1-17-7-5-6-10-19(17)20-11-12-22(13-14-25-20)21(23)16-24-15-18-8-3-2-4-9-18/h2-10,20H,11-16H2,1H3. The van der Waals surface area contributed by atoms with E-state index in [-0.39, 0.29) is 12.5 Å². The van der Waals surface area contributed by atoms with Crippen LogP contribution in [-0.2, 0) is 16.1 Å². The number of carbonyl (C=O) groups excluding carboxylic acids is 1. The zero-order valence-corrected chi connectivity index (χ0v) is 15.5. The fraction of sp³-hybridized carbons (Fsp3) is 0.381. The molecule has 1 aliphatic rings. The molecule has 132 valence electrons. The number of carbonyl (C=O) groups is 1. The average molecular weight is 356 g/mol. The van der Waals surface area contributed by atoms with Crippen molar-refractivity contribution in [2.75, 3.05) is 25.4 Å². The van der Waals surface area contributed by atoms with Gasteiger partial charge in [0.1, 0.15) is 6.61 Å². The highest BCUT2D eigenvalue weighted by Gasteiger charge is 2.22. The van der Waals surface area contributed by atoms with Gasteiger partial charge in [0.15, 0.2) is 0 Å². The molecule has 1 atom stereocenters. The molecule has 0 radical (unpaired) electrons. The van der Waals surface area contributed by atoms with Crippen LogP contribution in [0, 0.1) is 6.92 Å². The SMILES string of the molecule is Cc1ccccc1C1CCN(C(=O)COCc2ccccc2)CCS1. The largest absolute Gasteiger partial charge is 0.367 e. The summed E-state index contributed by atoms with van der Waals surface area (Å²) in [6.45, 7) is 4.43. The number of thioether (sulfide) groups is 1. The number of hydrogen-bond donors (Lipinski definition) is 0. The van der Waals surface area contributed by atoms with Crippen LogP contribution in [0.15, 0.2) is 54.6 Å². The Kier molecular flexibility index (Phi) is 6.54. The fourth-order valence-corrected chi connectivity index (χ4v) is 4.46. The number of nitrogens with zero attached hydrogens (tertiary/aromatic N) is 1. The van der Waals surface area contributed by atoms with Crippen molar-refractivity contribution >= 4 is 17.7 Å². The molecule has 25 heavy (non-hydrogen) atoms. The molecular formula is C21H25NO2S. The highest BCUT2D eigenvalue weighted by molar-refractivity contribution is 7.99. The second-order valence-corrected chi connectivity index (χ2v) is 7.67. The van der Waals surface area contributed by atoms with Gasteiger partial charge in [-0.1, -0.05) is 54.6 Å². The lowest BCUT2D eigenvalue weighted by atomic mass is 10.0. The molecule has 1 unspecified atom stereocenters. The van der Waals surface area contributed by atoms with Crippen LogP contribution in [0.25, 0.3) is 0 Å². The normalized spacial score (nSPS) is 18.0. The summed E-state index contributed by atoms with van der Waals surface area (Å²) >= 11 is 1.96. The molecule has 1 saturated heterocycles. The maximum absolute atomic E-state index is 12.4. The predicted octanol–water partition coefficient (Wildman–Crippen LogP) is 4.22.